The van der Waals surface area contributed by atoms with Gasteiger partial charge in [0.2, 0.25) is 11.7 Å². The molecule has 0 aliphatic heterocycles. The molecule has 2 heteroatoms. The summed E-state index contributed by atoms with van der Waals surface area (Å²) >= 11 is 0. The van der Waals surface area contributed by atoms with Crippen molar-refractivity contribution in [2.75, 3.05) is 6.61 Å². The Morgan fingerprint density at radius 2 is 1.84 bits per heavy atom. The maximum absolute atomic E-state index is 5.89. The Morgan fingerprint density at radius 1 is 1.16 bits per heavy atom. The van der Waals surface area contributed by atoms with Crippen molar-refractivity contribution >= 4 is 10.9 Å². The van der Waals surface area contributed by atoms with Crippen molar-refractivity contribution in [3.63, 3.8) is 0 Å². The van der Waals surface area contributed by atoms with Crippen LogP contribution in [0.5, 0.6) is 5.75 Å². The van der Waals surface area contributed by atoms with E-state index in [1.807, 2.05) is 0 Å². The number of fused-ring (bicyclic) bond motifs is 1. The first-order valence-electron chi connectivity index (χ1n) is 6.95. The summed E-state index contributed by atoms with van der Waals surface area (Å²) in [4.78, 5) is 0. The fraction of sp³-hybridized carbons (Fsp3) is 0.471. The Labute approximate surface area is 116 Å². The number of ether oxygens (including phenoxy) is 1. The molecule has 1 heterocycles. The van der Waals surface area contributed by atoms with E-state index >= 15 is 0 Å². The third-order valence-corrected chi connectivity index (χ3v) is 3.06. The van der Waals surface area contributed by atoms with Crippen molar-refractivity contribution in [2.45, 2.75) is 40.2 Å². The monoisotopic (exact) mass is 258 g/mol. The van der Waals surface area contributed by atoms with Gasteiger partial charge in [-0.1, -0.05) is 26.0 Å². The molecular weight excluding hydrogens is 234 g/mol. The van der Waals surface area contributed by atoms with E-state index < -0.39 is 0 Å². The van der Waals surface area contributed by atoms with Crippen LogP contribution in [0.4, 0.5) is 0 Å². The number of benzene rings is 1. The first-order chi connectivity index (χ1) is 8.88. The topological polar surface area (TPSA) is 13.1 Å². The Hall–Kier alpha value is -1.57. The second kappa shape index (κ2) is 5.20. The minimum Gasteiger partial charge on any atom is -0.487 e. The number of rotatable bonds is 3. The molecule has 0 spiro atoms. The first-order valence-corrected chi connectivity index (χ1v) is 6.95. The normalized spacial score (nSPS) is 12.1. The van der Waals surface area contributed by atoms with Crippen LogP contribution < -0.4 is 9.30 Å². The first kappa shape index (κ1) is 13.9. The molecule has 1 aromatic carbocycles. The van der Waals surface area contributed by atoms with Crippen LogP contribution in [0.1, 0.15) is 34.6 Å². The van der Waals surface area contributed by atoms with Crippen LogP contribution >= 0.6 is 0 Å². The summed E-state index contributed by atoms with van der Waals surface area (Å²) in [7, 11) is 0. The third kappa shape index (κ3) is 3.25. The summed E-state index contributed by atoms with van der Waals surface area (Å²) in [5.74, 6) is 1.48. The lowest BCUT2D eigenvalue weighted by Gasteiger charge is -2.17. The van der Waals surface area contributed by atoms with E-state index in [0.29, 0.717) is 5.92 Å². The van der Waals surface area contributed by atoms with Crippen LogP contribution in [-0.2, 0) is 5.54 Å². The average molecular weight is 258 g/mol. The highest BCUT2D eigenvalue weighted by molar-refractivity contribution is 5.76. The smallest absolute Gasteiger partial charge is 0.213 e. The molecule has 2 rings (SSSR count). The maximum Gasteiger partial charge on any atom is 0.213 e. The average Bonchev–Trinajstić information content (AvgIpc) is 2.34. The van der Waals surface area contributed by atoms with Crippen LogP contribution in [-0.4, -0.2) is 6.61 Å². The van der Waals surface area contributed by atoms with E-state index in [2.05, 4.69) is 75.7 Å². The quantitative estimate of drug-likeness (QED) is 0.761. The summed E-state index contributed by atoms with van der Waals surface area (Å²) in [6.07, 6.45) is 2.12. The summed E-state index contributed by atoms with van der Waals surface area (Å²) in [5.41, 5.74) is 1.28. The summed E-state index contributed by atoms with van der Waals surface area (Å²) in [5, 5.41) is 1.22. The van der Waals surface area contributed by atoms with Gasteiger partial charge in [-0.15, -0.1) is 0 Å². The van der Waals surface area contributed by atoms with Crippen molar-refractivity contribution in [1.82, 2.24) is 0 Å². The number of pyridine rings is 1. The van der Waals surface area contributed by atoms with E-state index in [4.69, 9.17) is 4.74 Å². The van der Waals surface area contributed by atoms with Crippen molar-refractivity contribution in [2.24, 2.45) is 5.92 Å². The summed E-state index contributed by atoms with van der Waals surface area (Å²) in [6, 6.07) is 10.6. The van der Waals surface area contributed by atoms with E-state index in [-0.39, 0.29) is 5.54 Å². The SMILES string of the molecule is CC(C)COc1cc2ccccc2[n+](C(C)(C)C)c1. The number of hydrogen-bond acceptors (Lipinski definition) is 1. The molecule has 2 aromatic rings. The van der Waals surface area contributed by atoms with Gasteiger partial charge in [-0.2, -0.15) is 4.57 Å². The van der Waals surface area contributed by atoms with Gasteiger partial charge in [-0.05, 0) is 12.0 Å². The van der Waals surface area contributed by atoms with Gasteiger partial charge in [0.1, 0.15) is 0 Å². The van der Waals surface area contributed by atoms with E-state index in [9.17, 15) is 0 Å². The molecule has 0 N–H and O–H groups in total. The van der Waals surface area contributed by atoms with Crippen LogP contribution in [0.25, 0.3) is 10.9 Å². The third-order valence-electron chi connectivity index (χ3n) is 3.06. The van der Waals surface area contributed by atoms with Gasteiger partial charge < -0.3 is 4.74 Å². The molecule has 0 radical (unpaired) electrons. The van der Waals surface area contributed by atoms with Gasteiger partial charge in [0.05, 0.1) is 12.0 Å². The van der Waals surface area contributed by atoms with Crippen LogP contribution in [0.2, 0.25) is 0 Å². The van der Waals surface area contributed by atoms with Gasteiger partial charge in [0.15, 0.2) is 11.3 Å². The Morgan fingerprint density at radius 3 is 2.47 bits per heavy atom. The molecule has 1 aromatic heterocycles. The molecule has 0 unspecified atom stereocenters. The molecule has 0 aliphatic carbocycles. The van der Waals surface area contributed by atoms with Crippen LogP contribution in [0.15, 0.2) is 36.5 Å². The molecule has 0 amide bonds. The second-order valence-electron chi connectivity index (χ2n) is 6.48. The maximum atomic E-state index is 5.89. The van der Waals surface area contributed by atoms with Gasteiger partial charge in [0.25, 0.3) is 0 Å². The molecule has 0 atom stereocenters. The Kier molecular flexibility index (Phi) is 3.79. The lowest BCUT2D eigenvalue weighted by molar-refractivity contribution is -0.730. The highest BCUT2D eigenvalue weighted by atomic mass is 16.5. The number of aromatic nitrogens is 1. The predicted molar refractivity (Wildman–Crippen MR) is 79.5 cm³/mol. The predicted octanol–water partition coefficient (Wildman–Crippen LogP) is 3.92. The highest BCUT2D eigenvalue weighted by Crippen LogP contribution is 2.20. The molecule has 0 saturated heterocycles. The molecule has 0 bridgehead atoms. The van der Waals surface area contributed by atoms with Crippen LogP contribution in [0.3, 0.4) is 0 Å². The lowest BCUT2D eigenvalue weighted by atomic mass is 10.1. The molecule has 2 nitrogen and oxygen atoms in total. The van der Waals surface area contributed by atoms with Gasteiger partial charge in [-0.3, -0.25) is 0 Å². The molecule has 0 fully saturated rings. The Balaban J connectivity index is 2.51. The highest BCUT2D eigenvalue weighted by Gasteiger charge is 2.25. The van der Waals surface area contributed by atoms with Crippen molar-refractivity contribution < 1.29 is 9.30 Å². The summed E-state index contributed by atoms with van der Waals surface area (Å²) < 4.78 is 8.18. The number of hydrogen-bond donors (Lipinski definition) is 0. The largest absolute Gasteiger partial charge is 0.487 e. The zero-order valence-corrected chi connectivity index (χ0v) is 12.6. The van der Waals surface area contributed by atoms with Gasteiger partial charge in [0, 0.05) is 32.9 Å². The number of nitrogens with zero attached hydrogens (tertiary/aromatic N) is 1. The van der Waals surface area contributed by atoms with E-state index in [0.717, 1.165) is 12.4 Å². The molecule has 102 valence electrons. The standard InChI is InChI=1S/C17H24NO/c1-13(2)12-19-15-10-14-8-6-7-9-16(14)18(11-15)17(3,4)5/h6-11,13H,12H2,1-5H3/q+1. The summed E-state index contributed by atoms with van der Waals surface area (Å²) in [6.45, 7) is 11.7. The fourth-order valence-electron chi connectivity index (χ4n) is 2.11. The van der Waals surface area contributed by atoms with Crippen LogP contribution in [0, 0.1) is 5.92 Å². The lowest BCUT2D eigenvalue weighted by Crippen LogP contribution is -2.50. The van der Waals surface area contributed by atoms with Gasteiger partial charge in [-0.25, -0.2) is 0 Å². The zero-order valence-electron chi connectivity index (χ0n) is 12.6. The molecular formula is C17H24NO+. The van der Waals surface area contributed by atoms with E-state index in [1.165, 1.54) is 10.9 Å². The molecule has 0 saturated carbocycles. The zero-order chi connectivity index (χ0) is 14.0. The van der Waals surface area contributed by atoms with Gasteiger partial charge >= 0.3 is 0 Å². The van der Waals surface area contributed by atoms with Crippen molar-refractivity contribution in [3.05, 3.63) is 36.5 Å². The van der Waals surface area contributed by atoms with Crippen molar-refractivity contribution in [1.29, 1.82) is 0 Å². The van der Waals surface area contributed by atoms with E-state index in [1.54, 1.807) is 0 Å². The minimum absolute atomic E-state index is 0.0385. The molecule has 0 aliphatic rings. The Bertz CT molecular complexity index is 567. The van der Waals surface area contributed by atoms with Crippen molar-refractivity contribution in [3.8, 4) is 5.75 Å². The fourth-order valence-corrected chi connectivity index (χ4v) is 2.11. The second-order valence-corrected chi connectivity index (χ2v) is 6.48. The number of para-hydroxylation sites is 1. The molecule has 19 heavy (non-hydrogen) atoms. The minimum atomic E-state index is 0.0385.